The van der Waals surface area contributed by atoms with Gasteiger partial charge >= 0.3 is 5.97 Å². The lowest BCUT2D eigenvalue weighted by atomic mass is 9.96. The maximum atomic E-state index is 13.1. The molecule has 1 aliphatic rings. The van der Waals surface area contributed by atoms with E-state index in [1.54, 1.807) is 6.92 Å². The number of carboxylic acid groups (broad SMARTS) is 1. The van der Waals surface area contributed by atoms with Gasteiger partial charge in [0.05, 0.1) is 12.5 Å². The van der Waals surface area contributed by atoms with Gasteiger partial charge in [0.2, 0.25) is 23.6 Å². The van der Waals surface area contributed by atoms with E-state index in [4.69, 9.17) is 11.5 Å². The molecule has 1 rings (SSSR count). The smallest absolute Gasteiger partial charge is 0.326 e. The van der Waals surface area contributed by atoms with Crippen molar-refractivity contribution in [3.05, 3.63) is 0 Å². The second-order valence-corrected chi connectivity index (χ2v) is 9.00. The molecular weight excluding hydrogens is 438 g/mol. The zero-order valence-electron chi connectivity index (χ0n) is 18.8. The molecule has 5 unspecified atom stereocenters. The van der Waals surface area contributed by atoms with Crippen LogP contribution in [0.15, 0.2) is 0 Å². The van der Waals surface area contributed by atoms with Gasteiger partial charge in [-0.2, -0.15) is 11.8 Å². The lowest BCUT2D eigenvalue weighted by molar-refractivity contribution is -0.150. The molecule has 1 saturated heterocycles. The molecule has 1 aliphatic heterocycles. The van der Waals surface area contributed by atoms with Crippen LogP contribution in [-0.4, -0.2) is 82.3 Å². The molecule has 0 saturated carbocycles. The normalized spacial score (nSPS) is 19.5. The van der Waals surface area contributed by atoms with Gasteiger partial charge in [-0.3, -0.25) is 19.2 Å². The third kappa shape index (κ3) is 7.97. The monoisotopic (exact) mass is 473 g/mol. The summed E-state index contributed by atoms with van der Waals surface area (Å²) in [5.41, 5.74) is 11.1. The van der Waals surface area contributed by atoms with E-state index in [0.29, 0.717) is 31.4 Å². The van der Waals surface area contributed by atoms with Gasteiger partial charge in [-0.1, -0.05) is 20.3 Å². The van der Waals surface area contributed by atoms with Crippen LogP contribution < -0.4 is 22.1 Å². The van der Waals surface area contributed by atoms with E-state index in [1.165, 1.54) is 16.7 Å². The fourth-order valence-electron chi connectivity index (χ4n) is 3.47. The van der Waals surface area contributed by atoms with Crippen LogP contribution in [0.2, 0.25) is 0 Å². The van der Waals surface area contributed by atoms with E-state index < -0.39 is 60.2 Å². The van der Waals surface area contributed by atoms with Crippen molar-refractivity contribution in [2.45, 2.75) is 70.1 Å². The van der Waals surface area contributed by atoms with Crippen molar-refractivity contribution in [2.24, 2.45) is 17.4 Å². The predicted octanol–water partition coefficient (Wildman–Crippen LogP) is -0.966. The average Bonchev–Trinajstić information content (AvgIpc) is 3.24. The van der Waals surface area contributed by atoms with Crippen LogP contribution >= 0.6 is 11.8 Å². The van der Waals surface area contributed by atoms with Gasteiger partial charge in [0, 0.05) is 6.54 Å². The van der Waals surface area contributed by atoms with Gasteiger partial charge in [0.25, 0.3) is 0 Å². The molecule has 0 bridgehead atoms. The third-order valence-corrected chi connectivity index (χ3v) is 6.25. The zero-order chi connectivity index (χ0) is 24.4. The number of primary amides is 1. The number of aliphatic carboxylic acids is 1. The average molecular weight is 474 g/mol. The number of rotatable bonds is 13. The molecule has 5 atom stereocenters. The van der Waals surface area contributed by atoms with Crippen molar-refractivity contribution < 1.29 is 29.1 Å². The number of nitrogens with zero attached hydrogens (tertiary/aromatic N) is 1. The number of likely N-dealkylation sites (tertiary alicyclic amines) is 1. The number of nitrogens with two attached hydrogens (primary N) is 2. The molecule has 11 nitrogen and oxygen atoms in total. The summed E-state index contributed by atoms with van der Waals surface area (Å²) in [5.74, 6) is -3.42. The number of hydrogen-bond donors (Lipinski definition) is 5. The van der Waals surface area contributed by atoms with Crippen LogP contribution in [0.5, 0.6) is 0 Å². The summed E-state index contributed by atoms with van der Waals surface area (Å²) in [4.78, 5) is 62.7. The summed E-state index contributed by atoms with van der Waals surface area (Å²) in [5, 5.41) is 14.5. The molecule has 1 fully saturated rings. The Balaban J connectivity index is 3.00. The minimum Gasteiger partial charge on any atom is -0.480 e. The number of nitrogens with one attached hydrogen (secondary N) is 2. The van der Waals surface area contributed by atoms with Crippen LogP contribution in [0, 0.1) is 5.92 Å². The number of amides is 4. The van der Waals surface area contributed by atoms with Gasteiger partial charge in [-0.25, -0.2) is 4.79 Å². The minimum absolute atomic E-state index is 0.282. The first-order valence-corrected chi connectivity index (χ1v) is 12.1. The predicted molar refractivity (Wildman–Crippen MR) is 120 cm³/mol. The summed E-state index contributed by atoms with van der Waals surface area (Å²) in [6.07, 6.45) is 3.23. The highest BCUT2D eigenvalue weighted by Gasteiger charge is 2.40. The Morgan fingerprint density at radius 2 is 1.84 bits per heavy atom. The number of hydrogen-bond acceptors (Lipinski definition) is 7. The maximum Gasteiger partial charge on any atom is 0.326 e. The lowest BCUT2D eigenvalue weighted by Gasteiger charge is -2.31. The number of carbonyl (C=O) groups is 5. The molecule has 0 aromatic carbocycles. The van der Waals surface area contributed by atoms with Crippen LogP contribution in [0.3, 0.4) is 0 Å². The fourth-order valence-corrected chi connectivity index (χ4v) is 3.96. The number of thioether (sulfide) groups is 1. The molecule has 182 valence electrons. The molecule has 12 heteroatoms. The molecule has 0 spiro atoms. The van der Waals surface area contributed by atoms with Gasteiger partial charge < -0.3 is 32.1 Å². The third-order valence-electron chi connectivity index (χ3n) is 5.61. The molecule has 0 radical (unpaired) electrons. The standard InChI is InChI=1S/C20H35N5O6S/c1-4-11(2)16(19(29)25-8-5-6-14(25)20(30)31)24-18(28)13(10-15(22)26)23-17(27)12(21)7-9-32-3/h11-14,16H,4-10,21H2,1-3H3,(H2,22,26)(H,23,27)(H,24,28)(H,30,31). The topological polar surface area (TPSA) is 185 Å². The molecule has 0 aromatic rings. The van der Waals surface area contributed by atoms with Gasteiger partial charge in [0.15, 0.2) is 0 Å². The molecular formula is C20H35N5O6S. The number of carboxylic acids is 1. The Morgan fingerprint density at radius 3 is 2.38 bits per heavy atom. The summed E-state index contributed by atoms with van der Waals surface area (Å²) in [6, 6.07) is -4.11. The highest BCUT2D eigenvalue weighted by Crippen LogP contribution is 2.21. The second kappa shape index (κ2) is 13.3. The van der Waals surface area contributed by atoms with Crippen molar-refractivity contribution in [3.63, 3.8) is 0 Å². The summed E-state index contributed by atoms with van der Waals surface area (Å²) in [6.45, 7) is 3.88. The minimum atomic E-state index is -1.30. The first-order chi connectivity index (χ1) is 15.0. The highest BCUT2D eigenvalue weighted by atomic mass is 32.2. The zero-order valence-corrected chi connectivity index (χ0v) is 19.7. The van der Waals surface area contributed by atoms with Crippen molar-refractivity contribution in [3.8, 4) is 0 Å². The Bertz CT molecular complexity index is 706. The van der Waals surface area contributed by atoms with Crippen molar-refractivity contribution in [2.75, 3.05) is 18.6 Å². The van der Waals surface area contributed by atoms with E-state index in [9.17, 15) is 29.1 Å². The first kappa shape index (κ1) is 27.7. The number of carbonyl (C=O) groups excluding carboxylic acids is 4. The molecule has 4 amide bonds. The summed E-state index contributed by atoms with van der Waals surface area (Å²) >= 11 is 1.52. The van der Waals surface area contributed by atoms with Gasteiger partial charge in [0.1, 0.15) is 18.1 Å². The Labute approximate surface area is 192 Å². The van der Waals surface area contributed by atoms with E-state index in [0.717, 1.165) is 0 Å². The Hall–Kier alpha value is -2.34. The second-order valence-electron chi connectivity index (χ2n) is 8.02. The molecule has 0 aliphatic carbocycles. The SMILES string of the molecule is CCC(C)C(NC(=O)C(CC(N)=O)NC(=O)C(N)CCSC)C(=O)N1CCCC1C(=O)O. The van der Waals surface area contributed by atoms with Crippen LogP contribution in [0.4, 0.5) is 0 Å². The van der Waals surface area contributed by atoms with Gasteiger partial charge in [-0.15, -0.1) is 0 Å². The molecule has 32 heavy (non-hydrogen) atoms. The van der Waals surface area contributed by atoms with E-state index in [-0.39, 0.29) is 12.5 Å². The molecule has 0 aromatic heterocycles. The Kier molecular flexibility index (Phi) is 11.5. The van der Waals surface area contributed by atoms with Crippen molar-refractivity contribution >= 4 is 41.4 Å². The maximum absolute atomic E-state index is 13.1. The van der Waals surface area contributed by atoms with Crippen molar-refractivity contribution in [1.82, 2.24) is 15.5 Å². The van der Waals surface area contributed by atoms with E-state index in [1.807, 2.05) is 13.2 Å². The Morgan fingerprint density at radius 1 is 1.19 bits per heavy atom. The molecule has 7 N–H and O–H groups in total. The summed E-state index contributed by atoms with van der Waals surface area (Å²) < 4.78 is 0. The first-order valence-electron chi connectivity index (χ1n) is 10.7. The fraction of sp³-hybridized carbons (Fsp3) is 0.750. The highest BCUT2D eigenvalue weighted by molar-refractivity contribution is 7.98. The van der Waals surface area contributed by atoms with Crippen molar-refractivity contribution in [1.29, 1.82) is 0 Å². The lowest BCUT2D eigenvalue weighted by Crippen LogP contribution is -2.59. The largest absolute Gasteiger partial charge is 0.480 e. The van der Waals surface area contributed by atoms with Gasteiger partial charge in [-0.05, 0) is 37.2 Å². The molecule has 1 heterocycles. The van der Waals surface area contributed by atoms with Crippen LogP contribution in [0.1, 0.15) is 46.0 Å². The van der Waals surface area contributed by atoms with E-state index in [2.05, 4.69) is 10.6 Å². The van der Waals surface area contributed by atoms with Crippen LogP contribution in [0.25, 0.3) is 0 Å². The van der Waals surface area contributed by atoms with E-state index >= 15 is 0 Å². The quantitative estimate of drug-likeness (QED) is 0.226. The summed E-state index contributed by atoms with van der Waals surface area (Å²) in [7, 11) is 0. The van der Waals surface area contributed by atoms with Crippen LogP contribution in [-0.2, 0) is 24.0 Å².